The van der Waals surface area contributed by atoms with Crippen molar-refractivity contribution >= 4 is 11.6 Å². The summed E-state index contributed by atoms with van der Waals surface area (Å²) in [4.78, 5) is 11.2. The summed E-state index contributed by atoms with van der Waals surface area (Å²) in [5.74, 6) is -0.379. The van der Waals surface area contributed by atoms with Crippen molar-refractivity contribution < 1.29 is 4.79 Å². The number of rotatable bonds is 3. The van der Waals surface area contributed by atoms with Crippen LogP contribution in [-0.2, 0) is 0 Å². The van der Waals surface area contributed by atoms with Crippen LogP contribution in [0.25, 0.3) is 0 Å². The van der Waals surface area contributed by atoms with Gasteiger partial charge in [-0.2, -0.15) is 0 Å². The molecule has 0 saturated heterocycles. The van der Waals surface area contributed by atoms with E-state index in [0.29, 0.717) is 11.6 Å². The van der Waals surface area contributed by atoms with Crippen LogP contribution in [-0.4, -0.2) is 18.0 Å². The molecule has 1 aromatic carbocycles. The Bertz CT molecular complexity index is 459. The first-order valence-electron chi connectivity index (χ1n) is 7.00. The third-order valence-electron chi connectivity index (χ3n) is 3.91. The molecule has 1 saturated carbocycles. The molecule has 2 rings (SSSR count). The molecule has 0 bridgehead atoms. The molecule has 19 heavy (non-hydrogen) atoms. The van der Waals surface area contributed by atoms with E-state index in [1.165, 1.54) is 19.3 Å². The molecular formula is C15H23N3O. The van der Waals surface area contributed by atoms with E-state index in [9.17, 15) is 4.79 Å². The number of primary amides is 1. The largest absolute Gasteiger partial charge is 0.381 e. The lowest BCUT2D eigenvalue weighted by Crippen LogP contribution is -2.39. The highest BCUT2D eigenvalue weighted by atomic mass is 16.1. The molecule has 0 heterocycles. The van der Waals surface area contributed by atoms with Gasteiger partial charge in [-0.3, -0.25) is 4.79 Å². The summed E-state index contributed by atoms with van der Waals surface area (Å²) in [5, 5.41) is 3.50. The zero-order chi connectivity index (χ0) is 13.8. The van der Waals surface area contributed by atoms with Gasteiger partial charge in [0.05, 0.1) is 0 Å². The Morgan fingerprint density at radius 1 is 1.26 bits per heavy atom. The molecule has 1 fully saturated rings. The van der Waals surface area contributed by atoms with Gasteiger partial charge in [0.2, 0.25) is 5.91 Å². The normalized spacial score (nSPS) is 23.7. The first-order valence-corrected chi connectivity index (χ1v) is 7.00. The maximum atomic E-state index is 11.2. The summed E-state index contributed by atoms with van der Waals surface area (Å²) in [6, 6.07) is 6.19. The van der Waals surface area contributed by atoms with Crippen LogP contribution in [0, 0.1) is 6.92 Å². The number of carbonyl (C=O) groups excluding carboxylic acids is 1. The molecule has 0 radical (unpaired) electrons. The maximum Gasteiger partial charge on any atom is 0.248 e. The number of nitrogens with one attached hydrogen (secondary N) is 1. The molecule has 5 N–H and O–H groups in total. The van der Waals surface area contributed by atoms with Crippen LogP contribution < -0.4 is 16.8 Å². The van der Waals surface area contributed by atoms with Crippen molar-refractivity contribution in [2.45, 2.75) is 51.1 Å². The van der Waals surface area contributed by atoms with Gasteiger partial charge in [-0.05, 0) is 43.5 Å². The average Bonchev–Trinajstić information content (AvgIpc) is 2.55. The SMILES string of the molecule is Cc1cc(NC2CCCCCC2N)ccc1C(N)=O. The summed E-state index contributed by atoms with van der Waals surface area (Å²) >= 11 is 0. The molecule has 1 aromatic rings. The van der Waals surface area contributed by atoms with Gasteiger partial charge in [0, 0.05) is 23.3 Å². The van der Waals surface area contributed by atoms with Gasteiger partial charge in [-0.1, -0.05) is 19.3 Å². The smallest absolute Gasteiger partial charge is 0.248 e. The lowest BCUT2D eigenvalue weighted by molar-refractivity contribution is 0.1000. The molecule has 0 aliphatic heterocycles. The Morgan fingerprint density at radius 2 is 2.00 bits per heavy atom. The molecule has 1 aliphatic rings. The van der Waals surface area contributed by atoms with Crippen molar-refractivity contribution in [2.75, 3.05) is 5.32 Å². The van der Waals surface area contributed by atoms with Crippen molar-refractivity contribution in [2.24, 2.45) is 11.5 Å². The average molecular weight is 261 g/mol. The Hall–Kier alpha value is -1.55. The molecule has 2 atom stereocenters. The third kappa shape index (κ3) is 3.47. The minimum absolute atomic E-state index is 0.207. The number of hydrogen-bond acceptors (Lipinski definition) is 3. The summed E-state index contributed by atoms with van der Waals surface area (Å²) in [7, 11) is 0. The Morgan fingerprint density at radius 3 is 2.68 bits per heavy atom. The van der Waals surface area contributed by atoms with Crippen molar-refractivity contribution in [3.8, 4) is 0 Å². The van der Waals surface area contributed by atoms with Gasteiger partial charge in [0.25, 0.3) is 0 Å². The molecule has 1 amide bonds. The van der Waals surface area contributed by atoms with Gasteiger partial charge >= 0.3 is 0 Å². The van der Waals surface area contributed by atoms with Crippen molar-refractivity contribution in [1.82, 2.24) is 0 Å². The maximum absolute atomic E-state index is 11.2. The number of hydrogen-bond donors (Lipinski definition) is 3. The molecule has 104 valence electrons. The second-order valence-corrected chi connectivity index (χ2v) is 5.45. The summed E-state index contributed by atoms with van der Waals surface area (Å²) in [5.41, 5.74) is 14.0. The second-order valence-electron chi connectivity index (χ2n) is 5.45. The summed E-state index contributed by atoms with van der Waals surface area (Å²) in [6.07, 6.45) is 5.90. The van der Waals surface area contributed by atoms with Crippen LogP contribution in [0.4, 0.5) is 5.69 Å². The highest BCUT2D eigenvalue weighted by Gasteiger charge is 2.20. The lowest BCUT2D eigenvalue weighted by Gasteiger charge is -2.24. The number of aryl methyl sites for hydroxylation is 1. The Kier molecular flexibility index (Phi) is 4.43. The van der Waals surface area contributed by atoms with Crippen LogP contribution in [0.15, 0.2) is 18.2 Å². The van der Waals surface area contributed by atoms with Crippen LogP contribution in [0.1, 0.15) is 48.0 Å². The van der Waals surface area contributed by atoms with E-state index >= 15 is 0 Å². The number of carbonyl (C=O) groups is 1. The standard InChI is InChI=1S/C15H23N3O/c1-10-9-11(7-8-12(10)15(17)19)18-14-6-4-2-3-5-13(14)16/h7-9,13-14,18H,2-6,16H2,1H3,(H2,17,19). The van der Waals surface area contributed by atoms with Crippen molar-refractivity contribution in [3.05, 3.63) is 29.3 Å². The van der Waals surface area contributed by atoms with Crippen LogP contribution in [0.3, 0.4) is 0 Å². The number of nitrogens with two attached hydrogens (primary N) is 2. The van der Waals surface area contributed by atoms with Gasteiger partial charge in [-0.15, -0.1) is 0 Å². The van der Waals surface area contributed by atoms with Gasteiger partial charge in [-0.25, -0.2) is 0 Å². The van der Waals surface area contributed by atoms with Crippen molar-refractivity contribution in [1.29, 1.82) is 0 Å². The van der Waals surface area contributed by atoms with Gasteiger partial charge in [0.15, 0.2) is 0 Å². The third-order valence-corrected chi connectivity index (χ3v) is 3.91. The molecule has 0 aromatic heterocycles. The van der Waals surface area contributed by atoms with E-state index in [2.05, 4.69) is 5.32 Å². The molecule has 2 unspecified atom stereocenters. The molecule has 4 nitrogen and oxygen atoms in total. The van der Waals surface area contributed by atoms with Gasteiger partial charge < -0.3 is 16.8 Å². The Balaban J connectivity index is 2.10. The topological polar surface area (TPSA) is 81.1 Å². The van der Waals surface area contributed by atoms with E-state index < -0.39 is 0 Å². The summed E-state index contributed by atoms with van der Waals surface area (Å²) in [6.45, 7) is 1.90. The fraction of sp³-hybridized carbons (Fsp3) is 0.533. The highest BCUT2D eigenvalue weighted by Crippen LogP contribution is 2.22. The quantitative estimate of drug-likeness (QED) is 0.729. The second kappa shape index (κ2) is 6.06. The molecule has 1 aliphatic carbocycles. The lowest BCUT2D eigenvalue weighted by atomic mass is 10.0. The van der Waals surface area contributed by atoms with E-state index in [-0.39, 0.29) is 11.9 Å². The first kappa shape index (κ1) is 13.9. The van der Waals surface area contributed by atoms with E-state index in [1.807, 2.05) is 19.1 Å². The minimum atomic E-state index is -0.379. The monoisotopic (exact) mass is 261 g/mol. The molecular weight excluding hydrogens is 238 g/mol. The number of anilines is 1. The molecule has 4 heteroatoms. The van der Waals surface area contributed by atoms with Crippen LogP contribution in [0.2, 0.25) is 0 Å². The van der Waals surface area contributed by atoms with Crippen LogP contribution in [0.5, 0.6) is 0 Å². The summed E-state index contributed by atoms with van der Waals surface area (Å²) < 4.78 is 0. The van der Waals surface area contributed by atoms with Crippen molar-refractivity contribution in [3.63, 3.8) is 0 Å². The van der Waals surface area contributed by atoms with E-state index in [4.69, 9.17) is 11.5 Å². The van der Waals surface area contributed by atoms with Gasteiger partial charge in [0.1, 0.15) is 0 Å². The molecule has 0 spiro atoms. The van der Waals surface area contributed by atoms with E-state index in [0.717, 1.165) is 24.1 Å². The minimum Gasteiger partial charge on any atom is -0.381 e. The zero-order valence-electron chi connectivity index (χ0n) is 11.5. The highest BCUT2D eigenvalue weighted by molar-refractivity contribution is 5.94. The first-order chi connectivity index (χ1) is 9.08. The Labute approximate surface area is 114 Å². The number of benzene rings is 1. The fourth-order valence-electron chi connectivity index (χ4n) is 2.76. The predicted octanol–water partition coefficient (Wildman–Crippen LogP) is 2.17. The van der Waals surface area contributed by atoms with Crippen LogP contribution >= 0.6 is 0 Å². The fourth-order valence-corrected chi connectivity index (χ4v) is 2.76. The predicted molar refractivity (Wildman–Crippen MR) is 78.2 cm³/mol. The zero-order valence-corrected chi connectivity index (χ0v) is 11.5. The number of amides is 1. The van der Waals surface area contributed by atoms with E-state index in [1.54, 1.807) is 6.07 Å².